The van der Waals surface area contributed by atoms with Crippen LogP contribution in [0.5, 0.6) is 0 Å². The molecule has 1 atom stereocenters. The number of fused-ring (bicyclic) bond motifs is 1. The van der Waals surface area contributed by atoms with Gasteiger partial charge in [0, 0.05) is 17.0 Å². The van der Waals surface area contributed by atoms with Crippen molar-refractivity contribution < 1.29 is 14.3 Å². The molecule has 0 saturated heterocycles. The van der Waals surface area contributed by atoms with Gasteiger partial charge in [-0.05, 0) is 30.1 Å². The van der Waals surface area contributed by atoms with Crippen LogP contribution in [0.1, 0.15) is 22.3 Å². The first kappa shape index (κ1) is 21.6. The first-order chi connectivity index (χ1) is 14.5. The molecule has 0 aliphatic rings. The predicted molar refractivity (Wildman–Crippen MR) is 120 cm³/mol. The summed E-state index contributed by atoms with van der Waals surface area (Å²) in [5.41, 5.74) is 1.13. The number of thioether (sulfide) groups is 1. The molecule has 0 aliphatic carbocycles. The normalized spacial score (nSPS) is 11.8. The van der Waals surface area contributed by atoms with Gasteiger partial charge in [0.1, 0.15) is 6.04 Å². The molecule has 156 valence electrons. The number of esters is 1. The molecule has 1 amide bonds. The van der Waals surface area contributed by atoms with Crippen molar-refractivity contribution in [2.75, 3.05) is 19.1 Å². The van der Waals surface area contributed by atoms with E-state index in [0.29, 0.717) is 35.1 Å². The fourth-order valence-corrected chi connectivity index (χ4v) is 3.76. The van der Waals surface area contributed by atoms with E-state index >= 15 is 0 Å². The number of ether oxygens (including phenoxy) is 1. The van der Waals surface area contributed by atoms with E-state index in [9.17, 15) is 14.4 Å². The van der Waals surface area contributed by atoms with Crippen LogP contribution >= 0.6 is 11.8 Å². The zero-order valence-corrected chi connectivity index (χ0v) is 17.8. The van der Waals surface area contributed by atoms with Crippen LogP contribution in [-0.2, 0) is 16.1 Å². The van der Waals surface area contributed by atoms with Crippen LogP contribution in [0.15, 0.2) is 65.6 Å². The van der Waals surface area contributed by atoms with E-state index in [1.165, 1.54) is 11.7 Å². The summed E-state index contributed by atoms with van der Waals surface area (Å²) in [6.45, 7) is 0.345. The lowest BCUT2D eigenvalue weighted by molar-refractivity contribution is -0.142. The summed E-state index contributed by atoms with van der Waals surface area (Å²) in [5, 5.41) is 3.79. The minimum Gasteiger partial charge on any atom is -0.467 e. The number of aromatic nitrogens is 1. The Morgan fingerprint density at radius 2 is 1.73 bits per heavy atom. The molecule has 1 aromatic heterocycles. The molecule has 6 nitrogen and oxygen atoms in total. The number of hydrogen-bond donors (Lipinski definition) is 1. The van der Waals surface area contributed by atoms with Crippen molar-refractivity contribution in [3.63, 3.8) is 0 Å². The van der Waals surface area contributed by atoms with E-state index in [4.69, 9.17) is 4.74 Å². The summed E-state index contributed by atoms with van der Waals surface area (Å²) in [6.07, 6.45) is 3.96. The molecular weight excluding hydrogens is 400 g/mol. The largest absolute Gasteiger partial charge is 0.467 e. The molecule has 7 heteroatoms. The van der Waals surface area contributed by atoms with Gasteiger partial charge < -0.3 is 14.6 Å². The van der Waals surface area contributed by atoms with Gasteiger partial charge >= 0.3 is 5.97 Å². The van der Waals surface area contributed by atoms with Gasteiger partial charge in [0.25, 0.3) is 11.5 Å². The third kappa shape index (κ3) is 4.91. The van der Waals surface area contributed by atoms with Crippen LogP contribution in [-0.4, -0.2) is 41.6 Å². The van der Waals surface area contributed by atoms with Crippen LogP contribution in [0.3, 0.4) is 0 Å². The highest BCUT2D eigenvalue weighted by Crippen LogP contribution is 2.17. The molecule has 1 N–H and O–H groups in total. The average Bonchev–Trinajstić information content (AvgIpc) is 2.78. The Morgan fingerprint density at radius 3 is 2.40 bits per heavy atom. The fourth-order valence-electron chi connectivity index (χ4n) is 3.28. The molecule has 0 radical (unpaired) electrons. The highest BCUT2D eigenvalue weighted by Gasteiger charge is 2.23. The van der Waals surface area contributed by atoms with Crippen molar-refractivity contribution in [3.05, 3.63) is 82.3 Å². The SMILES string of the molecule is COC(=O)[C@@H](CCSC)NC(=O)c1cn(Cc2ccccc2)c(=O)c2ccccc12. The molecule has 3 rings (SSSR count). The lowest BCUT2D eigenvalue weighted by Crippen LogP contribution is -2.42. The maximum absolute atomic E-state index is 13.1. The zero-order chi connectivity index (χ0) is 21.5. The summed E-state index contributed by atoms with van der Waals surface area (Å²) in [4.78, 5) is 38.2. The zero-order valence-electron chi connectivity index (χ0n) is 17.0. The standard InChI is InChI=1S/C23H24N2O4S/c1-29-23(28)20(12-13-30-2)24-21(26)19-15-25(14-16-8-4-3-5-9-16)22(27)18-11-7-6-10-17(18)19/h3-11,15,20H,12-14H2,1-2H3,(H,24,26)/t20-/m1/s1. The van der Waals surface area contributed by atoms with Gasteiger partial charge in [0.2, 0.25) is 0 Å². The van der Waals surface area contributed by atoms with Gasteiger partial charge in [0.05, 0.1) is 19.2 Å². The second-order valence-electron chi connectivity index (χ2n) is 6.84. The summed E-state index contributed by atoms with van der Waals surface area (Å²) in [5.74, 6) is -0.197. The summed E-state index contributed by atoms with van der Waals surface area (Å²) < 4.78 is 6.37. The molecule has 1 heterocycles. The fraction of sp³-hybridized carbons (Fsp3) is 0.261. The quantitative estimate of drug-likeness (QED) is 0.563. The number of hydrogen-bond acceptors (Lipinski definition) is 5. The van der Waals surface area contributed by atoms with Crippen LogP contribution in [0.2, 0.25) is 0 Å². The maximum Gasteiger partial charge on any atom is 0.328 e. The topological polar surface area (TPSA) is 77.4 Å². The van der Waals surface area contributed by atoms with E-state index < -0.39 is 17.9 Å². The number of carbonyl (C=O) groups excluding carboxylic acids is 2. The monoisotopic (exact) mass is 424 g/mol. The van der Waals surface area contributed by atoms with E-state index in [0.717, 1.165) is 5.56 Å². The third-order valence-electron chi connectivity index (χ3n) is 4.84. The molecule has 0 unspecified atom stereocenters. The molecule has 0 bridgehead atoms. The minimum atomic E-state index is -0.747. The molecule has 2 aromatic carbocycles. The van der Waals surface area contributed by atoms with E-state index in [1.807, 2.05) is 36.6 Å². The second kappa shape index (κ2) is 10.1. The number of nitrogens with zero attached hydrogens (tertiary/aromatic N) is 1. The molecule has 0 aliphatic heterocycles. The van der Waals surface area contributed by atoms with Gasteiger partial charge in [-0.25, -0.2) is 4.79 Å². The molecule has 30 heavy (non-hydrogen) atoms. The summed E-state index contributed by atoms with van der Waals surface area (Å²) >= 11 is 1.58. The van der Waals surface area contributed by atoms with Crippen molar-refractivity contribution in [1.29, 1.82) is 0 Å². The highest BCUT2D eigenvalue weighted by atomic mass is 32.2. The van der Waals surface area contributed by atoms with Gasteiger partial charge in [-0.1, -0.05) is 48.5 Å². The number of rotatable bonds is 8. The number of carbonyl (C=O) groups is 2. The summed E-state index contributed by atoms with van der Waals surface area (Å²) in [7, 11) is 1.30. The molecule has 0 fully saturated rings. The van der Waals surface area contributed by atoms with Crippen LogP contribution in [0.25, 0.3) is 10.8 Å². The Bertz CT molecular complexity index is 1100. The number of benzene rings is 2. The smallest absolute Gasteiger partial charge is 0.328 e. The summed E-state index contributed by atoms with van der Waals surface area (Å²) in [6, 6.07) is 15.8. The van der Waals surface area contributed by atoms with Gasteiger partial charge in [0.15, 0.2) is 0 Å². The Kier molecular flexibility index (Phi) is 7.30. The van der Waals surface area contributed by atoms with E-state index in [2.05, 4.69) is 5.32 Å². The molecular formula is C23H24N2O4S. The van der Waals surface area contributed by atoms with Crippen LogP contribution in [0.4, 0.5) is 0 Å². The van der Waals surface area contributed by atoms with Crippen molar-refractivity contribution in [3.8, 4) is 0 Å². The number of nitrogens with one attached hydrogen (secondary N) is 1. The molecule has 3 aromatic rings. The Morgan fingerprint density at radius 1 is 1.07 bits per heavy atom. The highest BCUT2D eigenvalue weighted by molar-refractivity contribution is 7.98. The predicted octanol–water partition coefficient (Wildman–Crippen LogP) is 3.07. The van der Waals surface area contributed by atoms with Crippen molar-refractivity contribution in [2.45, 2.75) is 19.0 Å². The van der Waals surface area contributed by atoms with Crippen molar-refractivity contribution >= 4 is 34.4 Å². The Labute approximate surface area is 179 Å². The Hall–Kier alpha value is -3.06. The first-order valence-corrected chi connectivity index (χ1v) is 11.0. The van der Waals surface area contributed by atoms with E-state index in [1.54, 1.807) is 42.2 Å². The minimum absolute atomic E-state index is 0.169. The van der Waals surface area contributed by atoms with Crippen molar-refractivity contribution in [2.24, 2.45) is 0 Å². The number of pyridine rings is 1. The lowest BCUT2D eigenvalue weighted by Gasteiger charge is -2.18. The molecule has 0 saturated carbocycles. The van der Waals surface area contributed by atoms with Gasteiger partial charge in [-0.15, -0.1) is 0 Å². The van der Waals surface area contributed by atoms with E-state index in [-0.39, 0.29) is 5.56 Å². The van der Waals surface area contributed by atoms with Gasteiger partial charge in [-0.3, -0.25) is 9.59 Å². The second-order valence-corrected chi connectivity index (χ2v) is 7.82. The Balaban J connectivity index is 2.01. The molecule has 0 spiro atoms. The van der Waals surface area contributed by atoms with Crippen molar-refractivity contribution in [1.82, 2.24) is 9.88 Å². The number of amides is 1. The van der Waals surface area contributed by atoms with Gasteiger partial charge in [-0.2, -0.15) is 11.8 Å². The third-order valence-corrected chi connectivity index (χ3v) is 5.48. The first-order valence-electron chi connectivity index (χ1n) is 9.59. The average molecular weight is 425 g/mol. The van der Waals surface area contributed by atoms with Crippen LogP contribution < -0.4 is 10.9 Å². The maximum atomic E-state index is 13.1. The number of methoxy groups -OCH3 is 1. The van der Waals surface area contributed by atoms with Crippen LogP contribution in [0, 0.1) is 0 Å². The lowest BCUT2D eigenvalue weighted by atomic mass is 10.1.